The third kappa shape index (κ3) is 13.6. The topological polar surface area (TPSA) is 343 Å². The number of aliphatic hydroxyl groups is 6. The summed E-state index contributed by atoms with van der Waals surface area (Å²) >= 11 is 0. The molecule has 0 aromatic carbocycles. The molecule has 0 amide bonds. The van der Waals surface area contributed by atoms with Crippen molar-refractivity contribution in [1.82, 2.24) is 0 Å². The van der Waals surface area contributed by atoms with Crippen LogP contribution in [0.4, 0.5) is 0 Å². The van der Waals surface area contributed by atoms with Crippen LogP contribution in [-0.4, -0.2) is 340 Å². The summed E-state index contributed by atoms with van der Waals surface area (Å²) in [6.45, 7) is -1.14. The zero-order valence-electron chi connectivity index (χ0n) is 46.0. The van der Waals surface area contributed by atoms with Crippen molar-refractivity contribution >= 4 is 0 Å². The highest BCUT2D eigenvalue weighted by molar-refractivity contribution is 5.02. The van der Waals surface area contributed by atoms with Gasteiger partial charge in [-0.2, -0.15) is 0 Å². The summed E-state index contributed by atoms with van der Waals surface area (Å²) < 4.78 is 146. The van der Waals surface area contributed by atoms with Crippen LogP contribution in [0.1, 0.15) is 0 Å². The van der Waals surface area contributed by atoms with Crippen molar-refractivity contribution in [2.75, 3.05) is 125 Å². The van der Waals surface area contributed by atoms with E-state index in [0.717, 1.165) is 0 Å². The molecular weight excluding hydrogens is 1060 g/mol. The molecular formula is C48H84O30. The first-order valence-electron chi connectivity index (χ1n) is 25.7. The van der Waals surface area contributed by atoms with Crippen molar-refractivity contribution in [2.45, 2.75) is 184 Å². The van der Waals surface area contributed by atoms with Crippen LogP contribution in [0.15, 0.2) is 0 Å². The second-order valence-corrected chi connectivity index (χ2v) is 19.7. The van der Waals surface area contributed by atoms with Crippen molar-refractivity contribution in [3.8, 4) is 0 Å². The lowest BCUT2D eigenvalue weighted by Gasteiger charge is -2.52. The third-order valence-corrected chi connectivity index (χ3v) is 15.1. The molecule has 22 saturated heterocycles. The SMILES string of the molecule is COC[C@H]1O[C@H]2O[C@H]3[C@H](O)[C@@H](OC)[C@@H](O[C@H]4[C@H](O)[C@@H](OC)[C@@H](O[C@H]5[C@H](O)[C@@H](OC)[C@@H](O[C@H]6[C@H](O)[C@@H](OC)[C@@H](O[C@H]7[C@H](O)[C@@H](OC)[C@@H](O[C@H]1[C@H](O)[C@H]2OC)O[C@@H]7COC)O[C@@H]6COC)O[C@@H]5COC)O[C@@H]4COC)O[C@@H]3COC. The largest absolute Gasteiger partial charge is 0.387 e. The minimum absolute atomic E-state index is 0.191. The molecule has 22 aliphatic rings. The Morgan fingerprint density at radius 2 is 0.346 bits per heavy atom. The average Bonchev–Trinajstić information content (AvgIpc) is 3.41. The molecule has 22 fully saturated rings. The van der Waals surface area contributed by atoms with E-state index in [-0.39, 0.29) is 39.6 Å². The van der Waals surface area contributed by atoms with Gasteiger partial charge < -0.3 is 144 Å². The molecule has 30 heteroatoms. The van der Waals surface area contributed by atoms with E-state index in [9.17, 15) is 30.6 Å². The smallest absolute Gasteiger partial charge is 0.187 e. The Morgan fingerprint density at radius 3 is 0.449 bits per heavy atom. The zero-order valence-corrected chi connectivity index (χ0v) is 46.0. The molecule has 30 nitrogen and oxygen atoms in total. The number of ether oxygens (including phenoxy) is 24. The predicted octanol–water partition coefficient (Wildman–Crippen LogP) is -5.21. The summed E-state index contributed by atoms with van der Waals surface area (Å²) in [5.41, 5.74) is 0. The molecule has 12 bridgehead atoms. The average molecular weight is 1140 g/mol. The van der Waals surface area contributed by atoms with Gasteiger partial charge in [0, 0.05) is 85.3 Å². The van der Waals surface area contributed by atoms with E-state index in [1.807, 2.05) is 0 Å². The van der Waals surface area contributed by atoms with Crippen LogP contribution in [0.2, 0.25) is 0 Å². The minimum atomic E-state index is -1.58. The van der Waals surface area contributed by atoms with E-state index >= 15 is 0 Å². The van der Waals surface area contributed by atoms with Crippen LogP contribution in [-0.2, 0) is 114 Å². The first-order valence-corrected chi connectivity index (χ1v) is 25.7. The Labute approximate surface area is 452 Å². The summed E-state index contributed by atoms with van der Waals surface area (Å²) in [6.07, 6.45) is -41.0. The monoisotopic (exact) mass is 1140 g/mol. The van der Waals surface area contributed by atoms with Crippen molar-refractivity contribution in [2.24, 2.45) is 0 Å². The van der Waals surface area contributed by atoms with Crippen LogP contribution in [0, 0.1) is 0 Å². The molecule has 30 atom stereocenters. The van der Waals surface area contributed by atoms with Gasteiger partial charge in [-0.1, -0.05) is 0 Å². The molecule has 0 unspecified atom stereocenters. The molecule has 22 rings (SSSR count). The second-order valence-electron chi connectivity index (χ2n) is 19.7. The number of rotatable bonds is 18. The lowest BCUT2D eigenvalue weighted by atomic mass is 9.94. The highest BCUT2D eigenvalue weighted by Crippen LogP contribution is 2.40. The molecule has 0 aromatic rings. The Bertz CT molecular complexity index is 1410. The van der Waals surface area contributed by atoms with E-state index in [2.05, 4.69) is 0 Å². The Hall–Kier alpha value is -1.20. The van der Waals surface area contributed by atoms with Gasteiger partial charge in [0.1, 0.15) is 146 Å². The van der Waals surface area contributed by atoms with Gasteiger partial charge in [0.15, 0.2) is 37.7 Å². The summed E-state index contributed by atoms with van der Waals surface area (Å²) in [7, 11) is 16.2. The maximum Gasteiger partial charge on any atom is 0.187 e. The van der Waals surface area contributed by atoms with E-state index in [1.54, 1.807) is 0 Å². The normalized spacial score (nSPS) is 48.7. The van der Waals surface area contributed by atoms with Gasteiger partial charge in [0.05, 0.1) is 39.6 Å². The lowest BCUT2D eigenvalue weighted by Crippen LogP contribution is -2.69. The maximum absolute atomic E-state index is 12.2. The fraction of sp³-hybridized carbons (Fsp3) is 1.00. The number of hydrogen-bond acceptors (Lipinski definition) is 30. The summed E-state index contributed by atoms with van der Waals surface area (Å²) in [6, 6.07) is 0. The van der Waals surface area contributed by atoms with Gasteiger partial charge in [0.2, 0.25) is 0 Å². The second kappa shape index (κ2) is 30.0. The highest BCUT2D eigenvalue weighted by atomic mass is 16.8. The molecule has 0 saturated carbocycles. The van der Waals surface area contributed by atoms with E-state index in [4.69, 9.17) is 114 Å². The van der Waals surface area contributed by atoms with Gasteiger partial charge in [-0.25, -0.2) is 0 Å². The molecule has 456 valence electrons. The van der Waals surface area contributed by atoms with Gasteiger partial charge in [-0.05, 0) is 0 Å². The molecule has 0 aromatic heterocycles. The molecule has 22 heterocycles. The Kier molecular flexibility index (Phi) is 24.8. The van der Waals surface area contributed by atoms with Gasteiger partial charge in [-0.15, -0.1) is 0 Å². The predicted molar refractivity (Wildman–Crippen MR) is 253 cm³/mol. The summed E-state index contributed by atoms with van der Waals surface area (Å²) in [5, 5.41) is 73.1. The summed E-state index contributed by atoms with van der Waals surface area (Å²) in [5.74, 6) is 0. The third-order valence-electron chi connectivity index (χ3n) is 15.1. The first-order chi connectivity index (χ1) is 37.6. The van der Waals surface area contributed by atoms with Gasteiger partial charge in [-0.3, -0.25) is 0 Å². The van der Waals surface area contributed by atoms with E-state index in [0.29, 0.717) is 0 Å². The molecule has 22 aliphatic heterocycles. The van der Waals surface area contributed by atoms with Crippen molar-refractivity contribution in [3.63, 3.8) is 0 Å². The fourth-order valence-corrected chi connectivity index (χ4v) is 11.3. The lowest BCUT2D eigenvalue weighted by molar-refractivity contribution is -0.407. The van der Waals surface area contributed by atoms with E-state index < -0.39 is 184 Å². The number of aliphatic hydroxyl groups excluding tert-OH is 6. The quantitative estimate of drug-likeness (QED) is 0.0747. The molecule has 0 spiro atoms. The molecule has 6 N–H and O–H groups in total. The Balaban J connectivity index is 1.29. The van der Waals surface area contributed by atoms with Crippen LogP contribution >= 0.6 is 0 Å². The van der Waals surface area contributed by atoms with Gasteiger partial charge in [0.25, 0.3) is 0 Å². The standard InChI is InChI=1S/C48H84O30/c1-55-13-19-31-25(49)37(61-7)43(67-19)74-32-20(14-56-2)69-45(39(63-9)26(32)50)76-34-22(16-58-4)71-47(41(65-11)28(34)52)78-36-24(18-60-6)72-48(42(66-12)30(36)54)77-35-23(17-59-5)70-46(40(64-10)29(35)53)75-33-21(15-57-3)68-44(73-31)38(62-8)27(33)51/h19-54H,13-18H2,1-12H3/t19-,20-,21-,22-,23-,24-,25+,26+,27+,28+,29+,30+,31-,32-,33-,34-,35-,36-,37-,38-,39-,40-,41-,42-,43-,44-,45-,46-,47-,48+/m1/s1. The van der Waals surface area contributed by atoms with Crippen LogP contribution < -0.4 is 0 Å². The van der Waals surface area contributed by atoms with Crippen LogP contribution in [0.3, 0.4) is 0 Å². The molecule has 78 heavy (non-hydrogen) atoms. The van der Waals surface area contributed by atoms with Crippen LogP contribution in [0.5, 0.6) is 0 Å². The minimum Gasteiger partial charge on any atom is -0.387 e. The van der Waals surface area contributed by atoms with E-state index in [1.165, 1.54) is 85.3 Å². The number of hydrogen-bond donors (Lipinski definition) is 6. The van der Waals surface area contributed by atoms with Crippen molar-refractivity contribution < 1.29 is 144 Å². The maximum atomic E-state index is 12.2. The first kappa shape index (κ1) is 64.4. The highest BCUT2D eigenvalue weighted by Gasteiger charge is 2.60. The van der Waals surface area contributed by atoms with Crippen molar-refractivity contribution in [3.05, 3.63) is 0 Å². The number of methoxy groups -OCH3 is 12. The Morgan fingerprint density at radius 1 is 0.218 bits per heavy atom. The molecule has 0 radical (unpaired) electrons. The summed E-state index contributed by atoms with van der Waals surface area (Å²) in [4.78, 5) is 0. The van der Waals surface area contributed by atoms with Gasteiger partial charge >= 0.3 is 0 Å². The molecule has 0 aliphatic carbocycles. The fourth-order valence-electron chi connectivity index (χ4n) is 11.3. The van der Waals surface area contributed by atoms with Crippen LogP contribution in [0.25, 0.3) is 0 Å². The zero-order chi connectivity index (χ0) is 56.5. The van der Waals surface area contributed by atoms with Crippen molar-refractivity contribution in [1.29, 1.82) is 0 Å².